The minimum absolute atomic E-state index is 0.480. The fourth-order valence-electron chi connectivity index (χ4n) is 1.45. The Balaban J connectivity index is 2.51. The van der Waals surface area contributed by atoms with Crippen molar-refractivity contribution in [2.75, 3.05) is 13.2 Å². The number of rotatable bonds is 7. The summed E-state index contributed by atoms with van der Waals surface area (Å²) in [5.41, 5.74) is 2.12. The topological polar surface area (TPSA) is 47.0 Å². The lowest BCUT2D eigenvalue weighted by Crippen LogP contribution is -2.20. The zero-order valence-electron chi connectivity index (χ0n) is 12.2. The standard InChI is InChI=1S/C14H25N3O/c1-10(2)6-15-7-13-8-16-14(17-12(13)5)18-9-11(3)4/h8,10-11,15H,6-7,9H2,1-5H3. The largest absolute Gasteiger partial charge is 0.463 e. The summed E-state index contributed by atoms with van der Waals surface area (Å²) in [6.07, 6.45) is 1.85. The first kappa shape index (κ1) is 14.9. The minimum Gasteiger partial charge on any atom is -0.463 e. The molecule has 18 heavy (non-hydrogen) atoms. The lowest BCUT2D eigenvalue weighted by molar-refractivity contribution is 0.250. The van der Waals surface area contributed by atoms with Crippen molar-refractivity contribution in [3.8, 4) is 6.01 Å². The first-order valence-electron chi connectivity index (χ1n) is 6.65. The Morgan fingerprint density at radius 3 is 2.50 bits per heavy atom. The maximum atomic E-state index is 5.50. The summed E-state index contributed by atoms with van der Waals surface area (Å²) in [5, 5.41) is 3.39. The van der Waals surface area contributed by atoms with Crippen LogP contribution in [0.25, 0.3) is 0 Å². The maximum Gasteiger partial charge on any atom is 0.316 e. The smallest absolute Gasteiger partial charge is 0.316 e. The molecule has 0 radical (unpaired) electrons. The summed E-state index contributed by atoms with van der Waals surface area (Å²) in [7, 11) is 0. The van der Waals surface area contributed by atoms with Gasteiger partial charge in [0.1, 0.15) is 0 Å². The van der Waals surface area contributed by atoms with Crippen LogP contribution in [0.15, 0.2) is 6.20 Å². The van der Waals surface area contributed by atoms with Crippen molar-refractivity contribution in [3.63, 3.8) is 0 Å². The van der Waals surface area contributed by atoms with Gasteiger partial charge in [0.05, 0.1) is 6.61 Å². The second-order valence-electron chi connectivity index (χ2n) is 5.49. The van der Waals surface area contributed by atoms with E-state index in [2.05, 4.69) is 43.0 Å². The molecule has 4 nitrogen and oxygen atoms in total. The zero-order chi connectivity index (χ0) is 13.5. The predicted molar refractivity (Wildman–Crippen MR) is 73.6 cm³/mol. The van der Waals surface area contributed by atoms with Crippen LogP contribution in [0.3, 0.4) is 0 Å². The van der Waals surface area contributed by atoms with Crippen LogP contribution in [0, 0.1) is 18.8 Å². The van der Waals surface area contributed by atoms with E-state index in [1.54, 1.807) is 0 Å². The van der Waals surface area contributed by atoms with Gasteiger partial charge in [-0.1, -0.05) is 27.7 Å². The van der Waals surface area contributed by atoms with Crippen molar-refractivity contribution < 1.29 is 4.74 Å². The molecule has 0 bridgehead atoms. The lowest BCUT2D eigenvalue weighted by Gasteiger charge is -2.11. The molecule has 1 rings (SSSR count). The van der Waals surface area contributed by atoms with E-state index in [1.807, 2.05) is 13.1 Å². The highest BCUT2D eigenvalue weighted by Gasteiger charge is 2.05. The van der Waals surface area contributed by atoms with Gasteiger partial charge in [0.15, 0.2) is 0 Å². The Bertz CT molecular complexity index is 364. The zero-order valence-corrected chi connectivity index (χ0v) is 12.2. The average molecular weight is 251 g/mol. The van der Waals surface area contributed by atoms with Crippen molar-refractivity contribution in [2.24, 2.45) is 11.8 Å². The molecule has 1 aromatic rings. The van der Waals surface area contributed by atoms with Gasteiger partial charge in [0.2, 0.25) is 0 Å². The molecule has 0 aliphatic heterocycles. The molecule has 1 N–H and O–H groups in total. The molecular formula is C14H25N3O. The lowest BCUT2D eigenvalue weighted by atomic mass is 10.2. The molecule has 0 atom stereocenters. The summed E-state index contributed by atoms with van der Waals surface area (Å²) in [6, 6.07) is 0.480. The molecule has 1 aromatic heterocycles. The number of hydrogen-bond donors (Lipinski definition) is 1. The van der Waals surface area contributed by atoms with E-state index >= 15 is 0 Å². The molecule has 0 fully saturated rings. The monoisotopic (exact) mass is 251 g/mol. The van der Waals surface area contributed by atoms with Gasteiger partial charge in [-0.05, 0) is 25.3 Å². The molecule has 0 aliphatic rings. The number of hydrogen-bond acceptors (Lipinski definition) is 4. The summed E-state index contributed by atoms with van der Waals surface area (Å²) in [4.78, 5) is 8.61. The summed E-state index contributed by atoms with van der Waals surface area (Å²) >= 11 is 0. The molecule has 0 saturated heterocycles. The Morgan fingerprint density at radius 2 is 1.94 bits per heavy atom. The van der Waals surface area contributed by atoms with Gasteiger partial charge >= 0.3 is 6.01 Å². The third-order valence-corrected chi connectivity index (χ3v) is 2.47. The first-order chi connectivity index (χ1) is 8.49. The van der Waals surface area contributed by atoms with Gasteiger partial charge in [0, 0.05) is 24.0 Å². The van der Waals surface area contributed by atoms with Gasteiger partial charge in [-0.3, -0.25) is 0 Å². The molecule has 0 aromatic carbocycles. The third-order valence-electron chi connectivity index (χ3n) is 2.47. The van der Waals surface area contributed by atoms with Crippen molar-refractivity contribution in [2.45, 2.75) is 41.2 Å². The predicted octanol–water partition coefficient (Wildman–Crippen LogP) is 2.57. The van der Waals surface area contributed by atoms with Crippen molar-refractivity contribution >= 4 is 0 Å². The number of ether oxygens (including phenoxy) is 1. The van der Waals surface area contributed by atoms with Gasteiger partial charge in [0.25, 0.3) is 0 Å². The van der Waals surface area contributed by atoms with Crippen LogP contribution in [0.4, 0.5) is 0 Å². The third kappa shape index (κ3) is 5.45. The van der Waals surface area contributed by atoms with E-state index in [0.29, 0.717) is 24.5 Å². The van der Waals surface area contributed by atoms with Crippen LogP contribution >= 0.6 is 0 Å². The van der Waals surface area contributed by atoms with E-state index in [0.717, 1.165) is 24.3 Å². The van der Waals surface area contributed by atoms with E-state index in [-0.39, 0.29) is 0 Å². The summed E-state index contributed by atoms with van der Waals surface area (Å²) in [6.45, 7) is 13.1. The molecule has 0 spiro atoms. The Hall–Kier alpha value is -1.16. The van der Waals surface area contributed by atoms with Gasteiger partial charge in [-0.15, -0.1) is 0 Å². The van der Waals surface area contributed by atoms with Gasteiger partial charge in [-0.2, -0.15) is 0 Å². The van der Waals surface area contributed by atoms with Gasteiger partial charge < -0.3 is 10.1 Å². The SMILES string of the molecule is Cc1nc(OCC(C)C)ncc1CNCC(C)C. The van der Waals surface area contributed by atoms with Crippen LogP contribution in [0.2, 0.25) is 0 Å². The fourth-order valence-corrected chi connectivity index (χ4v) is 1.45. The summed E-state index contributed by atoms with van der Waals surface area (Å²) < 4.78 is 5.50. The number of nitrogens with one attached hydrogen (secondary N) is 1. The van der Waals surface area contributed by atoms with Crippen LogP contribution in [-0.4, -0.2) is 23.1 Å². The number of nitrogens with zero attached hydrogens (tertiary/aromatic N) is 2. The number of aromatic nitrogens is 2. The van der Waals surface area contributed by atoms with Crippen LogP contribution in [-0.2, 0) is 6.54 Å². The van der Waals surface area contributed by atoms with E-state index < -0.39 is 0 Å². The fraction of sp³-hybridized carbons (Fsp3) is 0.714. The van der Waals surface area contributed by atoms with E-state index in [9.17, 15) is 0 Å². The normalized spacial score (nSPS) is 11.3. The second kappa shape index (κ2) is 7.31. The minimum atomic E-state index is 0.480. The molecule has 0 saturated carbocycles. The molecule has 1 heterocycles. The summed E-state index contributed by atoms with van der Waals surface area (Å²) in [5.74, 6) is 1.14. The molecule has 0 aliphatic carbocycles. The Kier molecular flexibility index (Phi) is 6.05. The molecular weight excluding hydrogens is 226 g/mol. The maximum absolute atomic E-state index is 5.50. The van der Waals surface area contributed by atoms with Crippen molar-refractivity contribution in [1.29, 1.82) is 0 Å². The Morgan fingerprint density at radius 1 is 1.22 bits per heavy atom. The quantitative estimate of drug-likeness (QED) is 0.809. The molecule has 4 heteroatoms. The number of aryl methyl sites for hydroxylation is 1. The molecule has 0 amide bonds. The van der Waals surface area contributed by atoms with E-state index in [4.69, 9.17) is 4.74 Å². The van der Waals surface area contributed by atoms with E-state index in [1.165, 1.54) is 0 Å². The highest BCUT2D eigenvalue weighted by atomic mass is 16.5. The van der Waals surface area contributed by atoms with Crippen molar-refractivity contribution in [3.05, 3.63) is 17.5 Å². The highest BCUT2D eigenvalue weighted by molar-refractivity contribution is 5.17. The van der Waals surface area contributed by atoms with Crippen LogP contribution in [0.1, 0.15) is 39.0 Å². The van der Waals surface area contributed by atoms with Gasteiger partial charge in [-0.25, -0.2) is 9.97 Å². The first-order valence-corrected chi connectivity index (χ1v) is 6.65. The Labute approximate surface area is 110 Å². The van der Waals surface area contributed by atoms with Crippen LogP contribution < -0.4 is 10.1 Å². The molecule has 102 valence electrons. The van der Waals surface area contributed by atoms with Crippen LogP contribution in [0.5, 0.6) is 6.01 Å². The molecule has 0 unspecified atom stereocenters. The van der Waals surface area contributed by atoms with Crippen molar-refractivity contribution in [1.82, 2.24) is 15.3 Å². The average Bonchev–Trinajstić information content (AvgIpc) is 2.28. The second-order valence-corrected chi connectivity index (χ2v) is 5.49. The highest BCUT2D eigenvalue weighted by Crippen LogP contribution is 2.09.